The molecule has 8 heteroatoms. The summed E-state index contributed by atoms with van der Waals surface area (Å²) >= 11 is 0. The predicted molar refractivity (Wildman–Crippen MR) is 99.8 cm³/mol. The van der Waals surface area contributed by atoms with Crippen LogP contribution in [0.25, 0.3) is 6.08 Å². The van der Waals surface area contributed by atoms with Crippen molar-refractivity contribution in [3.8, 4) is 6.07 Å². The SMILES string of the molecule is N#Cc1ccccc1S(=O)(=O)N1CCN(C(=O)/C=C/c2cccnc2)CC1. The third-order valence-electron chi connectivity index (χ3n) is 4.28. The number of carbonyl (C=O) groups excluding carboxylic acids is 1. The molecule has 3 rings (SSSR count). The summed E-state index contributed by atoms with van der Waals surface area (Å²) in [7, 11) is -3.76. The smallest absolute Gasteiger partial charge is 0.246 e. The van der Waals surface area contributed by atoms with Crippen LogP contribution >= 0.6 is 0 Å². The quantitative estimate of drug-likeness (QED) is 0.747. The fourth-order valence-electron chi connectivity index (χ4n) is 2.82. The molecular weight excluding hydrogens is 364 g/mol. The third kappa shape index (κ3) is 4.22. The predicted octanol–water partition coefficient (Wildman–Crippen LogP) is 1.50. The molecule has 0 aliphatic carbocycles. The second-order valence-electron chi connectivity index (χ2n) is 5.96. The average Bonchev–Trinajstić information content (AvgIpc) is 2.72. The Bertz CT molecular complexity index is 989. The Hall–Kier alpha value is -3.02. The molecule has 0 radical (unpaired) electrons. The fraction of sp³-hybridized carbons (Fsp3) is 0.211. The van der Waals surface area contributed by atoms with E-state index in [1.165, 1.54) is 22.5 Å². The second-order valence-corrected chi connectivity index (χ2v) is 7.86. The van der Waals surface area contributed by atoms with Crippen LogP contribution in [0.15, 0.2) is 59.8 Å². The normalized spacial score (nSPS) is 15.6. The molecular formula is C19H18N4O3S. The van der Waals surface area contributed by atoms with Gasteiger partial charge in [-0.05, 0) is 29.8 Å². The minimum Gasteiger partial charge on any atom is -0.337 e. The van der Waals surface area contributed by atoms with Gasteiger partial charge in [-0.3, -0.25) is 9.78 Å². The summed E-state index contributed by atoms with van der Waals surface area (Å²) in [5, 5.41) is 9.15. The van der Waals surface area contributed by atoms with E-state index in [1.54, 1.807) is 41.6 Å². The van der Waals surface area contributed by atoms with E-state index < -0.39 is 10.0 Å². The van der Waals surface area contributed by atoms with Gasteiger partial charge in [-0.2, -0.15) is 9.57 Å². The Morgan fingerprint density at radius 2 is 1.85 bits per heavy atom. The van der Waals surface area contributed by atoms with Crippen LogP contribution < -0.4 is 0 Å². The monoisotopic (exact) mass is 382 g/mol. The van der Waals surface area contributed by atoms with Crippen LogP contribution in [0.3, 0.4) is 0 Å². The third-order valence-corrected chi connectivity index (χ3v) is 6.24. The lowest BCUT2D eigenvalue weighted by molar-refractivity contribution is -0.127. The number of nitrogens with zero attached hydrogens (tertiary/aromatic N) is 4. The highest BCUT2D eigenvalue weighted by Gasteiger charge is 2.31. The van der Waals surface area contributed by atoms with Gasteiger partial charge in [0.1, 0.15) is 6.07 Å². The summed E-state index contributed by atoms with van der Waals surface area (Å²) in [6.07, 6.45) is 6.46. The highest BCUT2D eigenvalue weighted by atomic mass is 32.2. The maximum atomic E-state index is 12.8. The number of sulfonamides is 1. The van der Waals surface area contributed by atoms with Crippen molar-refractivity contribution in [2.45, 2.75) is 4.90 Å². The number of nitriles is 1. The number of carbonyl (C=O) groups is 1. The molecule has 0 bridgehead atoms. The van der Waals surface area contributed by atoms with Crippen molar-refractivity contribution in [3.05, 3.63) is 66.0 Å². The number of hydrogen-bond acceptors (Lipinski definition) is 5. The van der Waals surface area contributed by atoms with Crippen LogP contribution in [0.2, 0.25) is 0 Å². The van der Waals surface area contributed by atoms with Gasteiger partial charge in [0, 0.05) is 44.6 Å². The van der Waals surface area contributed by atoms with Crippen molar-refractivity contribution in [1.29, 1.82) is 5.26 Å². The van der Waals surface area contributed by atoms with Gasteiger partial charge in [-0.15, -0.1) is 0 Å². The Morgan fingerprint density at radius 3 is 2.52 bits per heavy atom. The van der Waals surface area contributed by atoms with Crippen molar-refractivity contribution in [2.24, 2.45) is 0 Å². The molecule has 1 amide bonds. The highest BCUT2D eigenvalue weighted by molar-refractivity contribution is 7.89. The summed E-state index contributed by atoms with van der Waals surface area (Å²) in [5.41, 5.74) is 0.940. The Morgan fingerprint density at radius 1 is 1.11 bits per heavy atom. The zero-order chi connectivity index (χ0) is 19.3. The molecule has 138 valence electrons. The van der Waals surface area contributed by atoms with Gasteiger partial charge < -0.3 is 4.90 Å². The summed E-state index contributed by atoms with van der Waals surface area (Å²) in [5.74, 6) is -0.173. The second kappa shape index (κ2) is 8.12. The molecule has 1 saturated heterocycles. The molecule has 0 N–H and O–H groups in total. The van der Waals surface area contributed by atoms with Gasteiger partial charge in [-0.25, -0.2) is 8.42 Å². The average molecular weight is 382 g/mol. The summed E-state index contributed by atoms with van der Waals surface area (Å²) in [6.45, 7) is 0.970. The minimum atomic E-state index is -3.76. The van der Waals surface area contributed by atoms with Crippen molar-refractivity contribution < 1.29 is 13.2 Å². The molecule has 0 spiro atoms. The van der Waals surface area contributed by atoms with Gasteiger partial charge in [0.2, 0.25) is 15.9 Å². The summed E-state index contributed by atoms with van der Waals surface area (Å²) in [6, 6.07) is 11.7. The first kappa shape index (κ1) is 18.8. The topological polar surface area (TPSA) is 94.4 Å². The zero-order valence-electron chi connectivity index (χ0n) is 14.5. The van der Waals surface area contributed by atoms with Gasteiger partial charge in [0.05, 0.1) is 10.5 Å². The molecule has 0 unspecified atom stereocenters. The fourth-order valence-corrected chi connectivity index (χ4v) is 4.38. The van der Waals surface area contributed by atoms with Crippen molar-refractivity contribution in [3.63, 3.8) is 0 Å². The zero-order valence-corrected chi connectivity index (χ0v) is 15.3. The van der Waals surface area contributed by atoms with E-state index in [1.807, 2.05) is 12.1 Å². The van der Waals surface area contributed by atoms with E-state index >= 15 is 0 Å². The Kier molecular flexibility index (Phi) is 5.64. The lowest BCUT2D eigenvalue weighted by atomic mass is 10.2. The van der Waals surface area contributed by atoms with E-state index in [2.05, 4.69) is 4.98 Å². The van der Waals surface area contributed by atoms with Gasteiger partial charge in [0.25, 0.3) is 0 Å². The molecule has 1 aromatic heterocycles. The molecule has 2 aromatic rings. The van der Waals surface area contributed by atoms with Crippen LogP contribution in [0.1, 0.15) is 11.1 Å². The van der Waals surface area contributed by atoms with E-state index in [0.29, 0.717) is 13.1 Å². The van der Waals surface area contributed by atoms with Crippen molar-refractivity contribution in [1.82, 2.24) is 14.2 Å². The molecule has 0 atom stereocenters. The molecule has 1 aliphatic heterocycles. The van der Waals surface area contributed by atoms with E-state index in [9.17, 15) is 13.2 Å². The highest BCUT2D eigenvalue weighted by Crippen LogP contribution is 2.21. The maximum absolute atomic E-state index is 12.8. The summed E-state index contributed by atoms with van der Waals surface area (Å²) in [4.78, 5) is 17.9. The number of pyridine rings is 1. The Balaban J connectivity index is 1.65. The molecule has 7 nitrogen and oxygen atoms in total. The molecule has 2 heterocycles. The number of hydrogen-bond donors (Lipinski definition) is 0. The molecule has 1 aliphatic rings. The van der Waals surface area contributed by atoms with Gasteiger partial charge in [-0.1, -0.05) is 18.2 Å². The van der Waals surface area contributed by atoms with Gasteiger partial charge in [0.15, 0.2) is 0 Å². The standard InChI is InChI=1S/C19H18N4O3S/c20-14-17-5-1-2-6-18(17)27(25,26)23-12-10-22(11-13-23)19(24)8-7-16-4-3-9-21-15-16/h1-9,15H,10-13H2/b8-7+. The van der Waals surface area contributed by atoms with Crippen LogP contribution in [-0.4, -0.2) is 54.7 Å². The lowest BCUT2D eigenvalue weighted by Crippen LogP contribution is -2.50. The number of aromatic nitrogens is 1. The van der Waals surface area contributed by atoms with E-state index in [4.69, 9.17) is 5.26 Å². The minimum absolute atomic E-state index is 0.00347. The molecule has 27 heavy (non-hydrogen) atoms. The summed E-state index contributed by atoms with van der Waals surface area (Å²) < 4.78 is 26.9. The van der Waals surface area contributed by atoms with Gasteiger partial charge >= 0.3 is 0 Å². The first-order valence-corrected chi connectivity index (χ1v) is 9.82. The number of rotatable bonds is 4. The van der Waals surface area contributed by atoms with E-state index in [-0.39, 0.29) is 29.5 Å². The van der Waals surface area contributed by atoms with Crippen LogP contribution in [0.4, 0.5) is 0 Å². The van der Waals surface area contributed by atoms with Crippen LogP contribution in [-0.2, 0) is 14.8 Å². The van der Waals surface area contributed by atoms with E-state index in [0.717, 1.165) is 5.56 Å². The first-order valence-electron chi connectivity index (χ1n) is 8.38. The molecule has 1 fully saturated rings. The van der Waals surface area contributed by atoms with Crippen LogP contribution in [0, 0.1) is 11.3 Å². The number of piperazine rings is 1. The first-order chi connectivity index (χ1) is 13.0. The molecule has 1 aromatic carbocycles. The maximum Gasteiger partial charge on any atom is 0.246 e. The largest absolute Gasteiger partial charge is 0.337 e. The Labute approximate surface area is 158 Å². The van der Waals surface area contributed by atoms with Crippen molar-refractivity contribution in [2.75, 3.05) is 26.2 Å². The van der Waals surface area contributed by atoms with Crippen LogP contribution in [0.5, 0.6) is 0 Å². The number of amides is 1. The lowest BCUT2D eigenvalue weighted by Gasteiger charge is -2.33. The number of benzene rings is 1. The molecule has 0 saturated carbocycles. The van der Waals surface area contributed by atoms with Crippen molar-refractivity contribution >= 4 is 22.0 Å².